The van der Waals surface area contributed by atoms with E-state index in [0.29, 0.717) is 16.1 Å². The number of amides is 3. The molecule has 1 atom stereocenters. The molecule has 2 aromatic rings. The van der Waals surface area contributed by atoms with E-state index >= 15 is 0 Å². The molecule has 0 unspecified atom stereocenters. The Morgan fingerprint density at radius 1 is 1.19 bits per heavy atom. The van der Waals surface area contributed by atoms with Gasteiger partial charge in [-0.05, 0) is 36.8 Å². The Kier molecular flexibility index (Phi) is 4.82. The number of methoxy groups -OCH3 is 1. The van der Waals surface area contributed by atoms with Crippen molar-refractivity contribution < 1.29 is 18.7 Å². The van der Waals surface area contributed by atoms with E-state index in [-0.39, 0.29) is 17.3 Å². The molecule has 0 aliphatic carbocycles. The van der Waals surface area contributed by atoms with Crippen LogP contribution in [0.4, 0.5) is 9.18 Å². The topological polar surface area (TPSA) is 58.6 Å². The number of halogens is 3. The number of hydrogen-bond acceptors (Lipinski definition) is 3. The molecular formula is C18H15Cl2FN2O3. The van der Waals surface area contributed by atoms with Crippen molar-refractivity contribution in [1.29, 1.82) is 0 Å². The van der Waals surface area contributed by atoms with Crippen molar-refractivity contribution in [2.75, 3.05) is 7.11 Å². The fourth-order valence-corrected chi connectivity index (χ4v) is 3.51. The number of nitrogens with one attached hydrogen (secondary N) is 1. The Balaban J connectivity index is 1.90. The van der Waals surface area contributed by atoms with Crippen molar-refractivity contribution in [2.45, 2.75) is 19.0 Å². The van der Waals surface area contributed by atoms with Crippen molar-refractivity contribution in [3.8, 4) is 5.75 Å². The number of urea groups is 1. The highest BCUT2D eigenvalue weighted by atomic mass is 35.5. The Labute approximate surface area is 159 Å². The van der Waals surface area contributed by atoms with Crippen LogP contribution in [0.1, 0.15) is 18.1 Å². The molecule has 0 bridgehead atoms. The van der Waals surface area contributed by atoms with Crippen LogP contribution in [0.3, 0.4) is 0 Å². The van der Waals surface area contributed by atoms with Crippen LogP contribution in [0.25, 0.3) is 0 Å². The van der Waals surface area contributed by atoms with Gasteiger partial charge >= 0.3 is 6.03 Å². The van der Waals surface area contributed by atoms with Crippen molar-refractivity contribution in [3.63, 3.8) is 0 Å². The molecule has 3 amide bonds. The van der Waals surface area contributed by atoms with Crippen LogP contribution in [-0.4, -0.2) is 23.9 Å². The van der Waals surface area contributed by atoms with Crippen LogP contribution in [0, 0.1) is 5.82 Å². The monoisotopic (exact) mass is 396 g/mol. The fourth-order valence-electron chi connectivity index (χ4n) is 2.91. The molecule has 5 nitrogen and oxygen atoms in total. The molecule has 1 saturated heterocycles. The number of carbonyl (C=O) groups is 2. The highest BCUT2D eigenvalue weighted by Crippen LogP contribution is 2.35. The normalized spacial score (nSPS) is 19.7. The summed E-state index contributed by atoms with van der Waals surface area (Å²) in [4.78, 5) is 26.3. The summed E-state index contributed by atoms with van der Waals surface area (Å²) in [6.45, 7) is 1.49. The standard InChI is InChI=1S/C18H15Cl2FN2O3/c1-18(12-5-4-11(19)8-13(12)20)16(24)23(17(25)22-18)9-10-3-6-15(26-2)14(21)7-10/h3-8H,9H2,1-2H3,(H,22,25)/t18-/m0/s1. The van der Waals surface area contributed by atoms with Crippen LogP contribution < -0.4 is 10.1 Å². The second kappa shape index (κ2) is 6.78. The van der Waals surface area contributed by atoms with Gasteiger partial charge in [-0.3, -0.25) is 9.69 Å². The summed E-state index contributed by atoms with van der Waals surface area (Å²) >= 11 is 12.1. The maximum absolute atomic E-state index is 13.9. The largest absolute Gasteiger partial charge is 0.494 e. The average Bonchev–Trinajstić information content (AvgIpc) is 2.79. The summed E-state index contributed by atoms with van der Waals surface area (Å²) in [5, 5.41) is 3.35. The van der Waals surface area contributed by atoms with Gasteiger partial charge in [0, 0.05) is 15.6 Å². The maximum Gasteiger partial charge on any atom is 0.325 e. The van der Waals surface area contributed by atoms with E-state index in [9.17, 15) is 14.0 Å². The van der Waals surface area contributed by atoms with E-state index in [4.69, 9.17) is 27.9 Å². The minimum atomic E-state index is -1.33. The Bertz CT molecular complexity index is 906. The first kappa shape index (κ1) is 18.5. The number of hydrogen-bond donors (Lipinski definition) is 1. The number of ether oxygens (including phenoxy) is 1. The van der Waals surface area contributed by atoms with Gasteiger partial charge in [0.25, 0.3) is 5.91 Å². The molecule has 26 heavy (non-hydrogen) atoms. The third-order valence-electron chi connectivity index (χ3n) is 4.30. The molecule has 0 radical (unpaired) electrons. The van der Waals surface area contributed by atoms with Gasteiger partial charge < -0.3 is 10.1 Å². The minimum absolute atomic E-state index is 0.0770. The van der Waals surface area contributed by atoms with Gasteiger partial charge in [-0.15, -0.1) is 0 Å². The van der Waals surface area contributed by atoms with Gasteiger partial charge in [0.1, 0.15) is 5.54 Å². The number of imide groups is 1. The SMILES string of the molecule is COc1ccc(CN2C(=O)N[C@@](C)(c3ccc(Cl)cc3Cl)C2=O)cc1F. The average molecular weight is 397 g/mol. The van der Waals surface area contributed by atoms with Gasteiger partial charge in [-0.25, -0.2) is 9.18 Å². The van der Waals surface area contributed by atoms with E-state index in [1.807, 2.05) is 0 Å². The molecule has 1 heterocycles. The van der Waals surface area contributed by atoms with Crippen molar-refractivity contribution in [2.24, 2.45) is 0 Å². The number of carbonyl (C=O) groups excluding carboxylic acids is 2. The third-order valence-corrected chi connectivity index (χ3v) is 4.85. The Morgan fingerprint density at radius 2 is 1.92 bits per heavy atom. The summed E-state index contributed by atoms with van der Waals surface area (Å²) in [6, 6.07) is 8.37. The van der Waals surface area contributed by atoms with E-state index in [1.54, 1.807) is 25.1 Å². The first-order valence-electron chi connectivity index (χ1n) is 7.68. The smallest absolute Gasteiger partial charge is 0.325 e. The zero-order valence-electron chi connectivity index (χ0n) is 14.0. The van der Waals surface area contributed by atoms with Crippen molar-refractivity contribution >= 4 is 35.1 Å². The highest BCUT2D eigenvalue weighted by Gasteiger charge is 2.49. The first-order valence-corrected chi connectivity index (χ1v) is 8.44. The lowest BCUT2D eigenvalue weighted by Crippen LogP contribution is -2.41. The van der Waals surface area contributed by atoms with E-state index in [2.05, 4.69) is 5.32 Å². The molecule has 1 aliphatic heterocycles. The molecule has 0 saturated carbocycles. The quantitative estimate of drug-likeness (QED) is 0.791. The summed E-state index contributed by atoms with van der Waals surface area (Å²) in [5.41, 5.74) is -0.437. The van der Waals surface area contributed by atoms with Crippen LogP contribution in [0.2, 0.25) is 10.0 Å². The lowest BCUT2D eigenvalue weighted by Gasteiger charge is -2.23. The Hall–Kier alpha value is -2.31. The molecule has 0 aromatic heterocycles. The predicted octanol–water partition coefficient (Wildman–Crippen LogP) is 4.11. The van der Waals surface area contributed by atoms with E-state index in [1.165, 1.54) is 25.3 Å². The summed E-state index contributed by atoms with van der Waals surface area (Å²) in [5.74, 6) is -0.966. The van der Waals surface area contributed by atoms with E-state index < -0.39 is 23.3 Å². The molecule has 0 spiro atoms. The summed E-state index contributed by atoms with van der Waals surface area (Å²) < 4.78 is 18.7. The van der Waals surface area contributed by atoms with E-state index in [0.717, 1.165) is 4.90 Å². The molecule has 2 aromatic carbocycles. The number of nitrogens with zero attached hydrogens (tertiary/aromatic N) is 1. The fraction of sp³-hybridized carbons (Fsp3) is 0.222. The second-order valence-electron chi connectivity index (χ2n) is 6.04. The predicted molar refractivity (Wildman–Crippen MR) is 95.8 cm³/mol. The minimum Gasteiger partial charge on any atom is -0.494 e. The molecule has 136 valence electrons. The summed E-state index contributed by atoms with van der Waals surface area (Å²) in [6.07, 6.45) is 0. The molecular weight excluding hydrogens is 382 g/mol. The highest BCUT2D eigenvalue weighted by molar-refractivity contribution is 6.35. The molecule has 1 aliphatic rings. The first-order chi connectivity index (χ1) is 12.3. The summed E-state index contributed by atoms with van der Waals surface area (Å²) in [7, 11) is 1.36. The number of benzene rings is 2. The van der Waals surface area contributed by atoms with Gasteiger partial charge in [0.2, 0.25) is 0 Å². The van der Waals surface area contributed by atoms with Crippen LogP contribution in [-0.2, 0) is 16.9 Å². The lowest BCUT2D eigenvalue weighted by molar-refractivity contribution is -0.131. The molecule has 1 fully saturated rings. The van der Waals surface area contributed by atoms with Gasteiger partial charge in [-0.1, -0.05) is 35.3 Å². The maximum atomic E-state index is 13.9. The third kappa shape index (κ3) is 3.10. The second-order valence-corrected chi connectivity index (χ2v) is 6.88. The zero-order valence-corrected chi connectivity index (χ0v) is 15.5. The van der Waals surface area contributed by atoms with Crippen LogP contribution >= 0.6 is 23.2 Å². The number of rotatable bonds is 4. The van der Waals surface area contributed by atoms with Crippen LogP contribution in [0.5, 0.6) is 5.75 Å². The van der Waals surface area contributed by atoms with Crippen molar-refractivity contribution in [3.05, 3.63) is 63.4 Å². The van der Waals surface area contributed by atoms with Crippen molar-refractivity contribution in [1.82, 2.24) is 10.2 Å². The molecule has 1 N–H and O–H groups in total. The zero-order chi connectivity index (χ0) is 19.1. The lowest BCUT2D eigenvalue weighted by atomic mass is 9.92. The van der Waals surface area contributed by atoms with Gasteiger partial charge in [0.15, 0.2) is 11.6 Å². The van der Waals surface area contributed by atoms with Gasteiger partial charge in [-0.2, -0.15) is 0 Å². The molecule has 3 rings (SSSR count). The van der Waals surface area contributed by atoms with Crippen LogP contribution in [0.15, 0.2) is 36.4 Å². The Morgan fingerprint density at radius 3 is 2.54 bits per heavy atom. The van der Waals surface area contributed by atoms with Gasteiger partial charge in [0.05, 0.1) is 13.7 Å². The molecule has 8 heteroatoms.